The summed E-state index contributed by atoms with van der Waals surface area (Å²) in [6.45, 7) is 12.1. The zero-order valence-electron chi connectivity index (χ0n) is 77.5. The maximum Gasteiger partial charge on any atom is 1.00 e. The number of carbonyl (C=O) groups is 1. The summed E-state index contributed by atoms with van der Waals surface area (Å²) in [5.41, 5.74) is 20.7. The van der Waals surface area contributed by atoms with E-state index in [0.29, 0.717) is 50.2 Å². The molecule has 0 atom stereocenters. The fourth-order valence-corrected chi connectivity index (χ4v) is 17.7. The van der Waals surface area contributed by atoms with Gasteiger partial charge in [0.05, 0.1) is 39.2 Å². The number of alkyl halides is 1. The van der Waals surface area contributed by atoms with E-state index in [-0.39, 0.29) is 31.0 Å². The van der Waals surface area contributed by atoms with Crippen LogP contribution >= 0.6 is 79.9 Å². The monoisotopic (exact) mass is 2090 g/mol. The van der Waals surface area contributed by atoms with Gasteiger partial charge in [-0.25, -0.2) is 0 Å². The van der Waals surface area contributed by atoms with Gasteiger partial charge in [0, 0.05) is 75.5 Å². The Hall–Kier alpha value is -10.8. The van der Waals surface area contributed by atoms with Gasteiger partial charge in [0.15, 0.2) is 0 Å². The Morgan fingerprint density at radius 1 is 0.319 bits per heavy atom. The van der Waals surface area contributed by atoms with Crippen molar-refractivity contribution in [1.82, 2.24) is 0 Å². The average Bonchev–Trinajstić information content (AvgIpc) is 0.594. The molecule has 0 spiro atoms. The van der Waals surface area contributed by atoms with Crippen molar-refractivity contribution in [3.05, 3.63) is 489 Å². The minimum atomic E-state index is -2.97. The van der Waals surface area contributed by atoms with E-state index in [1.54, 1.807) is 6.07 Å². The van der Waals surface area contributed by atoms with E-state index in [2.05, 4.69) is 388 Å². The van der Waals surface area contributed by atoms with Crippen LogP contribution in [0.4, 0.5) is 51.2 Å². The van der Waals surface area contributed by atoms with Crippen molar-refractivity contribution in [1.29, 1.82) is 0 Å². The summed E-state index contributed by atoms with van der Waals surface area (Å²) >= 11 is 13.6. The molecule has 0 aliphatic rings. The van der Waals surface area contributed by atoms with Gasteiger partial charge in [-0.1, -0.05) is 367 Å². The van der Waals surface area contributed by atoms with Gasteiger partial charge in [-0.15, -0.1) is 0 Å². The molecule has 17 rings (SSSR count). The van der Waals surface area contributed by atoms with Crippen molar-refractivity contribution in [3.8, 4) is 11.1 Å². The molecule has 20 heteroatoms. The van der Waals surface area contributed by atoms with Gasteiger partial charge in [0.25, 0.3) is 0 Å². The van der Waals surface area contributed by atoms with E-state index in [4.69, 9.17) is 32.7 Å². The number of fused-ring (bicyclic) bond motifs is 2. The molecule has 0 heterocycles. The van der Waals surface area contributed by atoms with Gasteiger partial charge in [0.2, 0.25) is 0 Å². The van der Waals surface area contributed by atoms with Crippen molar-refractivity contribution in [3.63, 3.8) is 0 Å². The van der Waals surface area contributed by atoms with Crippen LogP contribution in [0.2, 0.25) is 0 Å². The summed E-state index contributed by atoms with van der Waals surface area (Å²) in [5.74, 6) is 0. The molecule has 0 fully saturated rings. The van der Waals surface area contributed by atoms with E-state index in [1.165, 1.54) is 49.7 Å². The van der Waals surface area contributed by atoms with Crippen LogP contribution in [0.1, 0.15) is 79.8 Å². The van der Waals surface area contributed by atoms with E-state index in [0.717, 1.165) is 92.6 Å². The predicted molar refractivity (Wildman–Crippen MR) is 582 cm³/mol. The largest absolute Gasteiger partial charge is 1.00 e. The van der Waals surface area contributed by atoms with Gasteiger partial charge < -0.3 is 48.8 Å². The van der Waals surface area contributed by atoms with Crippen molar-refractivity contribution >= 4 is 196 Å². The topological polar surface area (TPSA) is 130 Å². The Morgan fingerprint density at radius 3 is 0.919 bits per heavy atom. The van der Waals surface area contributed by atoms with E-state index in [9.17, 15) is 9.36 Å². The van der Waals surface area contributed by atoms with Crippen molar-refractivity contribution in [2.24, 2.45) is 0 Å². The van der Waals surface area contributed by atoms with Crippen LogP contribution in [0.25, 0.3) is 57.0 Å². The maximum absolute atomic E-state index is 12.2. The second-order valence-electron chi connectivity index (χ2n) is 29.7. The minimum Gasteiger partial charge on any atom is -1.00 e. The van der Waals surface area contributed by atoms with Gasteiger partial charge >= 0.3 is 52.9 Å². The molecule has 17 aromatic carbocycles. The first kappa shape index (κ1) is 106. The molecule has 0 saturated carbocycles. The molecule has 0 saturated heterocycles. The molecule has 17 aromatic rings. The summed E-state index contributed by atoms with van der Waals surface area (Å²) in [7, 11) is -5.43. The van der Waals surface area contributed by atoms with E-state index < -0.39 is 23.3 Å². The number of aldehydes is 1. The molecule has 680 valence electrons. The van der Waals surface area contributed by atoms with Crippen LogP contribution in [0, 0.1) is 0 Å². The molecule has 0 amide bonds. The summed E-state index contributed by atoms with van der Waals surface area (Å²) in [4.78, 5) is 17.5. The fourth-order valence-electron chi connectivity index (χ4n) is 14.0. The second-order valence-corrected chi connectivity index (χ2v) is 36.3. The molecule has 12 nitrogen and oxygen atoms in total. The third kappa shape index (κ3) is 34.4. The minimum absolute atomic E-state index is 0. The number of hydrogen-bond acceptors (Lipinski definition) is 12. The van der Waals surface area contributed by atoms with Gasteiger partial charge in [-0.3, -0.25) is 9.36 Å². The molecular formula is C115H109BBr4N3NaO9P2. The Labute approximate surface area is 855 Å². The standard InChI is InChI=1S/C36H27N.C26H20BrN.C19H15NO.C11H16BrO3P.C10H9BO2.C7H6Br2.C6H15O3P.Na.H/c1-3-12-32(13-4-1)37(33-14-5-2-6-15-33)34-26-22-29(23-27-34)19-18-28-20-24-31(25-21-28)36-17-9-11-30-10-7-8-16-35(30)36;27-23-17-13-21(14-18-23)11-12-22-15-19-26(20-16-22)28(24-7-3-1-4-8-24)25-9-5-2-6-10-25;21-15-16-11-13-19(14-12-16)20(17-7-3-1-4-8-17)18-9-5-2-6-10-18;1-3-14-16(13,15-4-2)9-10-5-7-11(12)8-6-10;12-11(13)10-7-3-5-8-4-1-2-6-9(8)10;8-5-6-1-3-7(9)4-2-6;1-4-7-10(8-5-2)9-6-3;;/h1-27H;1-20H;1-15H;5-8H,3-4,9H2,1-2H3;1-7,12-13H;1-4H,5H2;4-6H2,1-3H3;;/q;;;;;;;+1;-1/b19-18+;12-11+;;;;;;;. The first-order valence-corrected chi connectivity index (χ1v) is 50.5. The van der Waals surface area contributed by atoms with E-state index >= 15 is 0 Å². The van der Waals surface area contributed by atoms with Crippen LogP contribution in [-0.2, 0) is 38.7 Å². The van der Waals surface area contributed by atoms with Crippen LogP contribution in [0.3, 0.4) is 0 Å². The van der Waals surface area contributed by atoms with Crippen molar-refractivity contribution in [2.75, 3.05) is 47.7 Å². The smallest absolute Gasteiger partial charge is 1.00 e. The zero-order valence-corrected chi connectivity index (χ0v) is 86.6. The first-order valence-electron chi connectivity index (χ1n) is 44.2. The molecule has 2 N–H and O–H groups in total. The number of benzene rings is 17. The van der Waals surface area contributed by atoms with Crippen LogP contribution in [0.15, 0.2) is 450 Å². The molecule has 135 heavy (non-hydrogen) atoms. The number of rotatable bonds is 29. The van der Waals surface area contributed by atoms with Gasteiger partial charge in [-0.2, -0.15) is 0 Å². The number of halogens is 4. The van der Waals surface area contributed by atoms with Crippen molar-refractivity contribution in [2.45, 2.75) is 46.1 Å². The number of para-hydroxylation sites is 6. The SMILES string of the molecule is BrCc1ccc(Br)cc1.Brc1ccc(/C=C/c2ccc(N(c3ccccc3)c3ccccc3)cc2)cc1.C(=C\c1ccc(N(c2ccccc2)c2ccccc2)cc1)/c1ccc(-c2cccc3ccccc23)cc1.CCOP(=O)(Cc1ccc(Br)cc1)OCC.CCOP(OCC)OCC.O=Cc1ccc(N(c2ccccc2)c2ccccc2)cc1.OB(O)c1cccc2ccccc12.[H-].[Na+]. The Bertz CT molecular complexity index is 6250. The molecule has 0 aromatic heterocycles. The number of anilines is 9. The Balaban J connectivity index is 0.000000187. The number of carbonyl (C=O) groups excluding carboxylic acids is 1. The first-order chi connectivity index (χ1) is 65.6. The third-order valence-electron chi connectivity index (χ3n) is 20.3. The summed E-state index contributed by atoms with van der Waals surface area (Å²) in [6, 6.07) is 148. The molecular weight excluding hydrogens is 1980 g/mol. The summed E-state index contributed by atoms with van der Waals surface area (Å²) in [5, 5.41) is 23.6. The maximum atomic E-state index is 12.2. The molecule has 0 bridgehead atoms. The summed E-state index contributed by atoms with van der Waals surface area (Å²) in [6.07, 6.45) is 9.80. The number of hydrogen-bond donors (Lipinski definition) is 2. The van der Waals surface area contributed by atoms with Gasteiger partial charge in [-0.05, 0) is 264 Å². The molecule has 0 unspecified atom stereocenters. The number of nitrogens with zero attached hydrogens (tertiary/aromatic N) is 3. The van der Waals surface area contributed by atoms with Crippen LogP contribution in [0.5, 0.6) is 0 Å². The Morgan fingerprint density at radius 2 is 0.593 bits per heavy atom. The quantitative estimate of drug-likeness (QED) is 0.0152. The van der Waals surface area contributed by atoms with Crippen LogP contribution in [-0.4, -0.2) is 56.5 Å². The van der Waals surface area contributed by atoms with E-state index in [1.807, 2.05) is 180 Å². The predicted octanol–water partition coefficient (Wildman–Crippen LogP) is 30.7. The molecule has 0 radical (unpaired) electrons. The normalized spacial score (nSPS) is 10.7. The second kappa shape index (κ2) is 58.6. The average molecular weight is 2090 g/mol. The summed E-state index contributed by atoms with van der Waals surface area (Å²) < 4.78 is 41.3. The third-order valence-corrected chi connectivity index (χ3v) is 26.0. The van der Waals surface area contributed by atoms with Crippen molar-refractivity contribution < 1.29 is 73.0 Å². The Kier molecular flexibility index (Phi) is 46.1. The molecule has 0 aliphatic heterocycles. The van der Waals surface area contributed by atoms with Crippen LogP contribution < -0.4 is 49.7 Å². The molecule has 0 aliphatic carbocycles. The zero-order chi connectivity index (χ0) is 94.3. The fraction of sp³-hybridized carbons (Fsp3) is 0.104. The van der Waals surface area contributed by atoms with Gasteiger partial charge in [0.1, 0.15) is 6.29 Å².